The van der Waals surface area contributed by atoms with Gasteiger partial charge in [0.25, 0.3) is 0 Å². The Balaban J connectivity index is 1.21. The van der Waals surface area contributed by atoms with Crippen LogP contribution in [0.25, 0.3) is 11.1 Å². The van der Waals surface area contributed by atoms with Gasteiger partial charge >= 0.3 is 0 Å². The molecule has 4 aromatic rings. The number of aliphatic hydroxyl groups is 6. The van der Waals surface area contributed by atoms with Crippen molar-refractivity contribution in [1.82, 2.24) is 0 Å². The summed E-state index contributed by atoms with van der Waals surface area (Å²) in [5, 5.41) is 61.8. The molecule has 0 aliphatic carbocycles. The molecule has 1 unspecified atom stereocenters. The molecule has 9 atom stereocenters. The fraction of sp³-hybridized carbons (Fsp3) is 0.306. The molecule has 2 aliphatic heterocycles. The van der Waals surface area contributed by atoms with E-state index >= 15 is 0 Å². The Labute approximate surface area is 265 Å². The number of amides is 1. The second-order valence-electron chi connectivity index (χ2n) is 11.9. The van der Waals surface area contributed by atoms with E-state index in [1.165, 1.54) is 12.1 Å². The quantitative estimate of drug-likeness (QED) is 0.154. The molecule has 2 aliphatic rings. The molecule has 0 radical (unpaired) electrons. The summed E-state index contributed by atoms with van der Waals surface area (Å²) in [6.45, 7) is 0. The fourth-order valence-corrected chi connectivity index (χ4v) is 6.39. The topological polar surface area (TPSA) is 151 Å². The lowest BCUT2D eigenvalue weighted by molar-refractivity contribution is -0.297. The highest BCUT2D eigenvalue weighted by atomic mass is 19.1. The van der Waals surface area contributed by atoms with Gasteiger partial charge in [-0.15, -0.1) is 0 Å². The number of carbonyl (C=O) groups excluding carboxylic acids is 1. The van der Waals surface area contributed by atoms with Crippen molar-refractivity contribution in [3.63, 3.8) is 0 Å². The van der Waals surface area contributed by atoms with E-state index in [0.29, 0.717) is 24.0 Å². The Bertz CT molecular complexity index is 1640. The third kappa shape index (κ3) is 6.21. The van der Waals surface area contributed by atoms with Crippen LogP contribution in [0.5, 0.6) is 0 Å². The van der Waals surface area contributed by atoms with E-state index in [4.69, 9.17) is 4.74 Å². The zero-order chi connectivity index (χ0) is 32.5. The van der Waals surface area contributed by atoms with Gasteiger partial charge in [-0.3, -0.25) is 4.79 Å². The van der Waals surface area contributed by atoms with Crippen LogP contribution in [0.1, 0.15) is 47.8 Å². The number of para-hydroxylation sites is 1. The minimum atomic E-state index is -1.77. The summed E-state index contributed by atoms with van der Waals surface area (Å²) in [5.41, 5.74) is 4.21. The monoisotopic (exact) mass is 629 g/mol. The zero-order valence-corrected chi connectivity index (χ0v) is 24.8. The first-order chi connectivity index (χ1) is 22.1. The van der Waals surface area contributed by atoms with Crippen LogP contribution in [-0.4, -0.2) is 67.3 Å². The average molecular weight is 630 g/mol. The smallest absolute Gasteiger partial charge is 0.233 e. The second kappa shape index (κ2) is 13.4. The highest BCUT2D eigenvalue weighted by molar-refractivity contribution is 6.03. The molecule has 46 heavy (non-hydrogen) atoms. The Morgan fingerprint density at radius 1 is 0.739 bits per heavy atom. The highest BCUT2D eigenvalue weighted by Crippen LogP contribution is 2.46. The van der Waals surface area contributed by atoms with Gasteiger partial charge < -0.3 is 40.3 Å². The standard InChI is InChI=1S/C36H36FNO8/c37-25-15-13-21(14-16-25)28(39)18-17-27-29(38(35(27)44)26-7-2-1-3-8-26)22-11-9-20(10-12-22)23-5-4-6-24(19-23)30(40)34-32(42)31(41)33(43)36(45)46-34/h1-16,19,27-34,36,39-43,45H,17-18H2/t27-,28+,29-,30+,31+,32+,33-,34-,36?/m1/s1. The normalized spacial score (nSPS) is 27.6. The van der Waals surface area contributed by atoms with Gasteiger partial charge in [0.2, 0.25) is 5.91 Å². The average Bonchev–Trinajstić information content (AvgIpc) is 3.08. The molecule has 0 spiro atoms. The van der Waals surface area contributed by atoms with Crippen molar-refractivity contribution in [1.29, 1.82) is 0 Å². The lowest BCUT2D eigenvalue weighted by Gasteiger charge is -2.48. The molecular weight excluding hydrogens is 593 g/mol. The van der Waals surface area contributed by atoms with Crippen LogP contribution < -0.4 is 4.90 Å². The van der Waals surface area contributed by atoms with Crippen LogP contribution in [0.4, 0.5) is 10.1 Å². The number of anilines is 1. The third-order valence-corrected chi connectivity index (χ3v) is 9.00. The van der Waals surface area contributed by atoms with E-state index < -0.39 is 42.9 Å². The van der Waals surface area contributed by atoms with Gasteiger partial charge in [0, 0.05) is 5.69 Å². The number of ether oxygens (including phenoxy) is 1. The van der Waals surface area contributed by atoms with Crippen LogP contribution in [0, 0.1) is 11.7 Å². The van der Waals surface area contributed by atoms with Gasteiger partial charge in [0.05, 0.1) is 18.1 Å². The van der Waals surface area contributed by atoms with Gasteiger partial charge in [-0.1, -0.05) is 72.8 Å². The molecule has 0 aromatic heterocycles. The van der Waals surface area contributed by atoms with E-state index in [2.05, 4.69) is 0 Å². The molecule has 6 rings (SSSR count). The number of carbonyl (C=O) groups is 1. The number of β-lactam (4-membered cyclic amide) rings is 1. The molecule has 240 valence electrons. The number of nitrogens with zero attached hydrogens (tertiary/aromatic N) is 1. The van der Waals surface area contributed by atoms with Gasteiger partial charge in [-0.25, -0.2) is 4.39 Å². The molecule has 2 heterocycles. The Hall–Kier alpha value is -4.00. The summed E-state index contributed by atoms with van der Waals surface area (Å²) in [5.74, 6) is -0.790. The van der Waals surface area contributed by atoms with Crippen LogP contribution in [0.3, 0.4) is 0 Å². The van der Waals surface area contributed by atoms with Gasteiger partial charge in [0.1, 0.15) is 36.3 Å². The van der Waals surface area contributed by atoms with Gasteiger partial charge in [-0.05, 0) is 71.0 Å². The van der Waals surface area contributed by atoms with E-state index in [-0.39, 0.29) is 23.7 Å². The van der Waals surface area contributed by atoms with Crippen molar-refractivity contribution in [2.45, 2.75) is 61.8 Å². The van der Waals surface area contributed by atoms with Crippen molar-refractivity contribution in [2.75, 3.05) is 4.90 Å². The predicted molar refractivity (Wildman–Crippen MR) is 166 cm³/mol. The van der Waals surface area contributed by atoms with Crippen LogP contribution >= 0.6 is 0 Å². The zero-order valence-electron chi connectivity index (χ0n) is 24.8. The molecule has 2 saturated heterocycles. The van der Waals surface area contributed by atoms with Crippen molar-refractivity contribution < 1.29 is 44.6 Å². The summed E-state index contributed by atoms with van der Waals surface area (Å²) in [7, 11) is 0. The fourth-order valence-electron chi connectivity index (χ4n) is 6.39. The van der Waals surface area contributed by atoms with Crippen LogP contribution in [-0.2, 0) is 9.53 Å². The molecule has 1 amide bonds. The minimum absolute atomic E-state index is 0.0388. The first-order valence-corrected chi connectivity index (χ1v) is 15.2. The van der Waals surface area contributed by atoms with Gasteiger partial charge in [-0.2, -0.15) is 0 Å². The number of aliphatic hydroxyl groups excluding tert-OH is 6. The molecule has 4 aromatic carbocycles. The summed E-state index contributed by atoms with van der Waals surface area (Å²) in [6.07, 6.45) is -9.63. The number of rotatable bonds is 9. The van der Waals surface area contributed by atoms with Crippen molar-refractivity contribution in [3.05, 3.63) is 126 Å². The molecule has 2 fully saturated rings. The molecule has 6 N–H and O–H groups in total. The maximum absolute atomic E-state index is 13.4. The third-order valence-electron chi connectivity index (χ3n) is 9.00. The highest BCUT2D eigenvalue weighted by Gasteiger charge is 2.49. The Kier molecular flexibility index (Phi) is 9.30. The van der Waals surface area contributed by atoms with E-state index in [9.17, 15) is 39.8 Å². The lowest BCUT2D eigenvalue weighted by Crippen LogP contribution is -2.58. The molecular formula is C36H36FNO8. The predicted octanol–water partition coefficient (Wildman–Crippen LogP) is 3.54. The first-order valence-electron chi connectivity index (χ1n) is 15.2. The number of halogens is 1. The summed E-state index contributed by atoms with van der Waals surface area (Å²) in [4.78, 5) is 15.2. The van der Waals surface area contributed by atoms with Crippen LogP contribution in [0.2, 0.25) is 0 Å². The number of benzene rings is 4. The molecule has 0 bridgehead atoms. The second-order valence-corrected chi connectivity index (χ2v) is 11.9. The van der Waals surface area contributed by atoms with Crippen molar-refractivity contribution in [3.8, 4) is 11.1 Å². The lowest BCUT2D eigenvalue weighted by atomic mass is 9.78. The number of hydrogen-bond donors (Lipinski definition) is 6. The van der Waals surface area contributed by atoms with E-state index in [0.717, 1.165) is 22.4 Å². The van der Waals surface area contributed by atoms with Gasteiger partial charge in [0.15, 0.2) is 6.29 Å². The summed E-state index contributed by atoms with van der Waals surface area (Å²) in [6, 6.07) is 29.4. The Morgan fingerprint density at radius 2 is 1.43 bits per heavy atom. The van der Waals surface area contributed by atoms with Crippen LogP contribution in [0.15, 0.2) is 103 Å². The summed E-state index contributed by atoms with van der Waals surface area (Å²) >= 11 is 0. The Morgan fingerprint density at radius 3 is 2.13 bits per heavy atom. The maximum atomic E-state index is 13.4. The molecule has 9 nitrogen and oxygen atoms in total. The minimum Gasteiger partial charge on any atom is -0.388 e. The van der Waals surface area contributed by atoms with E-state index in [1.54, 1.807) is 35.2 Å². The largest absolute Gasteiger partial charge is 0.388 e. The number of hydrogen-bond acceptors (Lipinski definition) is 8. The maximum Gasteiger partial charge on any atom is 0.233 e. The first kappa shape index (κ1) is 32.0. The SMILES string of the molecule is O=C1[C@H](CC[C@H](O)c2ccc(F)cc2)[C@@H](c2ccc(-c3cccc([C@H](O)[C@H]4OC(O)[C@H](O)[C@@H](O)[C@@H]4O)c3)cc2)N1c1ccccc1. The van der Waals surface area contributed by atoms with E-state index in [1.807, 2.05) is 60.7 Å². The van der Waals surface area contributed by atoms with Crippen molar-refractivity contribution in [2.24, 2.45) is 5.92 Å². The molecule has 0 saturated carbocycles. The van der Waals surface area contributed by atoms with Crippen molar-refractivity contribution >= 4 is 11.6 Å². The summed E-state index contributed by atoms with van der Waals surface area (Å²) < 4.78 is 18.6. The molecule has 10 heteroatoms.